The first-order valence-corrected chi connectivity index (χ1v) is 18.6. The van der Waals surface area contributed by atoms with Crippen molar-refractivity contribution in [3.63, 3.8) is 0 Å². The Morgan fingerprint density at radius 3 is 2.23 bits per heavy atom. The molecule has 0 bridgehead atoms. The van der Waals surface area contributed by atoms with Gasteiger partial charge < -0.3 is 19.3 Å². The molecule has 3 aromatic carbocycles. The molecule has 0 fully saturated rings. The molecule has 0 N–H and O–H groups in total. The zero-order valence-electron chi connectivity index (χ0n) is 32.0. The SMILES string of the molecule is CCN1/C(=C/C=C2\C=CC(/C=C/C3=[N+](CC)c4ccc(OC)cc4C3(C)C)=C2N(c2ccccc2)C2C=CC=CC2)C(C)(C)c2cc(OC)ccc21. The molecule has 0 aromatic heterocycles. The average Bonchev–Trinajstić information content (AvgIpc) is 3.73. The second-order valence-corrected chi connectivity index (χ2v) is 14.9. The van der Waals surface area contributed by atoms with Crippen molar-refractivity contribution in [2.75, 3.05) is 37.1 Å². The molecule has 266 valence electrons. The van der Waals surface area contributed by atoms with Crippen LogP contribution >= 0.6 is 0 Å². The second kappa shape index (κ2) is 14.0. The number of para-hydroxylation sites is 1. The van der Waals surface area contributed by atoms with Crippen molar-refractivity contribution in [3.8, 4) is 11.5 Å². The fourth-order valence-corrected chi connectivity index (χ4v) is 8.47. The minimum absolute atomic E-state index is 0.174. The van der Waals surface area contributed by atoms with E-state index < -0.39 is 0 Å². The molecular formula is C47H52N3O2+. The van der Waals surface area contributed by atoms with Gasteiger partial charge >= 0.3 is 0 Å². The number of anilines is 2. The maximum Gasteiger partial charge on any atom is 0.210 e. The lowest BCUT2D eigenvalue weighted by Crippen LogP contribution is -2.34. The lowest BCUT2D eigenvalue weighted by Gasteiger charge is -2.35. The predicted molar refractivity (Wildman–Crippen MR) is 218 cm³/mol. The number of fused-ring (bicyclic) bond motifs is 2. The van der Waals surface area contributed by atoms with E-state index in [1.165, 1.54) is 56.4 Å². The quantitative estimate of drug-likeness (QED) is 0.198. The molecule has 0 amide bonds. The number of hydrogen-bond acceptors (Lipinski definition) is 4. The van der Waals surface area contributed by atoms with Gasteiger partial charge in [-0.15, -0.1) is 0 Å². The van der Waals surface area contributed by atoms with Crippen molar-refractivity contribution in [1.82, 2.24) is 0 Å². The lowest BCUT2D eigenvalue weighted by atomic mass is 9.81. The van der Waals surface area contributed by atoms with Crippen LogP contribution in [0.5, 0.6) is 11.5 Å². The minimum atomic E-state index is -0.187. The minimum Gasteiger partial charge on any atom is -0.497 e. The van der Waals surface area contributed by atoms with Crippen LogP contribution in [0.1, 0.15) is 59.1 Å². The fourth-order valence-electron chi connectivity index (χ4n) is 8.47. The molecule has 7 rings (SSSR count). The van der Waals surface area contributed by atoms with Gasteiger partial charge in [-0.2, -0.15) is 4.58 Å². The molecule has 0 saturated carbocycles. The Hall–Kier alpha value is -5.29. The van der Waals surface area contributed by atoms with Crippen LogP contribution < -0.4 is 19.3 Å². The molecular weight excluding hydrogens is 639 g/mol. The first-order chi connectivity index (χ1) is 25.1. The number of allylic oxidation sites excluding steroid dienone is 10. The van der Waals surface area contributed by atoms with E-state index in [2.05, 4.69) is 183 Å². The van der Waals surface area contributed by atoms with E-state index in [0.717, 1.165) is 31.0 Å². The smallest absolute Gasteiger partial charge is 0.210 e. The van der Waals surface area contributed by atoms with Crippen LogP contribution in [-0.4, -0.2) is 43.6 Å². The summed E-state index contributed by atoms with van der Waals surface area (Å²) in [5.41, 5.74) is 12.0. The summed E-state index contributed by atoms with van der Waals surface area (Å²) >= 11 is 0. The number of rotatable bonds is 10. The summed E-state index contributed by atoms with van der Waals surface area (Å²) in [6.07, 6.45) is 23.8. The Morgan fingerprint density at radius 2 is 1.56 bits per heavy atom. The van der Waals surface area contributed by atoms with Gasteiger partial charge in [-0.1, -0.05) is 74.6 Å². The molecule has 52 heavy (non-hydrogen) atoms. The van der Waals surface area contributed by atoms with Crippen molar-refractivity contribution < 1.29 is 14.0 Å². The molecule has 2 aliphatic heterocycles. The van der Waals surface area contributed by atoms with Crippen LogP contribution in [0.4, 0.5) is 17.1 Å². The molecule has 2 aliphatic carbocycles. The third-order valence-electron chi connectivity index (χ3n) is 11.2. The van der Waals surface area contributed by atoms with Gasteiger partial charge in [0.2, 0.25) is 5.69 Å². The van der Waals surface area contributed by atoms with Crippen molar-refractivity contribution >= 4 is 22.8 Å². The van der Waals surface area contributed by atoms with E-state index in [9.17, 15) is 0 Å². The molecule has 0 saturated heterocycles. The van der Waals surface area contributed by atoms with E-state index in [1.807, 2.05) is 0 Å². The molecule has 0 radical (unpaired) electrons. The van der Waals surface area contributed by atoms with Crippen LogP contribution in [0.2, 0.25) is 0 Å². The van der Waals surface area contributed by atoms with Crippen LogP contribution in [-0.2, 0) is 10.8 Å². The van der Waals surface area contributed by atoms with Gasteiger partial charge in [0, 0.05) is 46.7 Å². The van der Waals surface area contributed by atoms with Gasteiger partial charge in [-0.25, -0.2) is 0 Å². The summed E-state index contributed by atoms with van der Waals surface area (Å²) in [4.78, 5) is 4.98. The number of benzene rings is 3. The number of hydrogen-bond donors (Lipinski definition) is 0. The number of nitrogens with zero attached hydrogens (tertiary/aromatic N) is 3. The van der Waals surface area contributed by atoms with Crippen molar-refractivity contribution in [1.29, 1.82) is 0 Å². The predicted octanol–water partition coefficient (Wildman–Crippen LogP) is 10.5. The summed E-state index contributed by atoms with van der Waals surface area (Å²) in [5.74, 6) is 1.78. The average molecular weight is 691 g/mol. The zero-order chi connectivity index (χ0) is 36.6. The standard InChI is InChI=1S/C47H52N3O2/c1-9-48-41-27-25-37(51-7)31-39(41)46(3,4)43(48)29-23-33-21-22-34(45(33)50(35-17-13-11-14-18-35)36-19-15-12-16-20-36)24-30-44-47(5,6)40-32-38(52-8)26-28-42(40)49(44)10-2/h11-19,21-32,36H,9-10,20H2,1-8H3/q+1. The Labute approximate surface area is 310 Å². The topological polar surface area (TPSA) is 27.9 Å². The highest BCUT2D eigenvalue weighted by Gasteiger charge is 2.44. The molecule has 1 atom stereocenters. The second-order valence-electron chi connectivity index (χ2n) is 14.9. The summed E-state index contributed by atoms with van der Waals surface area (Å²) in [6.45, 7) is 15.5. The highest BCUT2D eigenvalue weighted by molar-refractivity contribution is 6.03. The van der Waals surface area contributed by atoms with E-state index in [0.29, 0.717) is 0 Å². The van der Waals surface area contributed by atoms with E-state index in [4.69, 9.17) is 9.47 Å². The Bertz CT molecular complexity index is 2120. The Morgan fingerprint density at radius 1 is 0.827 bits per heavy atom. The first kappa shape index (κ1) is 35.1. The molecule has 5 heteroatoms. The molecule has 4 aliphatic rings. The summed E-state index contributed by atoms with van der Waals surface area (Å²) in [6, 6.07) is 24.0. The summed E-state index contributed by atoms with van der Waals surface area (Å²) < 4.78 is 13.7. The zero-order valence-corrected chi connectivity index (χ0v) is 32.0. The summed E-state index contributed by atoms with van der Waals surface area (Å²) in [5, 5.41) is 0. The van der Waals surface area contributed by atoms with Gasteiger partial charge in [0.1, 0.15) is 18.0 Å². The van der Waals surface area contributed by atoms with Crippen molar-refractivity contribution in [2.45, 2.75) is 64.8 Å². The first-order valence-electron chi connectivity index (χ1n) is 18.6. The van der Waals surface area contributed by atoms with Gasteiger partial charge in [0.25, 0.3) is 0 Å². The highest BCUT2D eigenvalue weighted by Crippen LogP contribution is 2.49. The van der Waals surface area contributed by atoms with Crippen LogP contribution in [0.3, 0.4) is 0 Å². The molecule has 1 unspecified atom stereocenters. The molecule has 3 aromatic rings. The maximum absolute atomic E-state index is 5.65. The Balaban J connectivity index is 1.38. The molecule has 2 heterocycles. The Kier molecular flexibility index (Phi) is 9.48. The van der Waals surface area contributed by atoms with Crippen molar-refractivity contribution in [2.24, 2.45) is 0 Å². The monoisotopic (exact) mass is 690 g/mol. The number of likely N-dealkylation sites (N-methyl/N-ethyl adjacent to an activating group) is 1. The number of methoxy groups -OCH3 is 2. The third kappa shape index (κ3) is 5.96. The lowest BCUT2D eigenvalue weighted by molar-refractivity contribution is -0.433. The van der Waals surface area contributed by atoms with Gasteiger partial charge in [0.15, 0.2) is 5.71 Å². The van der Waals surface area contributed by atoms with Crippen LogP contribution in [0.25, 0.3) is 0 Å². The fraction of sp³-hybridized carbons (Fsp3) is 0.298. The number of ether oxygens (including phenoxy) is 2. The normalized spacial score (nSPS) is 21.2. The van der Waals surface area contributed by atoms with Gasteiger partial charge in [-0.3, -0.25) is 0 Å². The van der Waals surface area contributed by atoms with Crippen LogP contribution in [0.15, 0.2) is 150 Å². The van der Waals surface area contributed by atoms with Crippen LogP contribution in [0, 0.1) is 0 Å². The third-order valence-corrected chi connectivity index (χ3v) is 11.2. The van der Waals surface area contributed by atoms with Gasteiger partial charge in [-0.05, 0) is 105 Å². The van der Waals surface area contributed by atoms with E-state index in [1.54, 1.807) is 14.2 Å². The largest absolute Gasteiger partial charge is 0.497 e. The molecule has 0 spiro atoms. The maximum atomic E-state index is 5.65. The van der Waals surface area contributed by atoms with Gasteiger partial charge in [0.05, 0.1) is 31.4 Å². The highest BCUT2D eigenvalue weighted by atomic mass is 16.5. The van der Waals surface area contributed by atoms with E-state index >= 15 is 0 Å². The molecule has 5 nitrogen and oxygen atoms in total. The van der Waals surface area contributed by atoms with Crippen molar-refractivity contribution in [3.05, 3.63) is 161 Å². The summed E-state index contributed by atoms with van der Waals surface area (Å²) in [7, 11) is 3.49. The van der Waals surface area contributed by atoms with E-state index in [-0.39, 0.29) is 16.9 Å².